The minimum absolute atomic E-state index is 0.0538. The second-order valence-corrected chi connectivity index (χ2v) is 3.89. The average molecular weight is 153 g/mol. The van der Waals surface area contributed by atoms with E-state index in [9.17, 15) is 4.79 Å². The van der Waals surface area contributed by atoms with E-state index in [4.69, 9.17) is 5.73 Å². The van der Waals surface area contributed by atoms with Crippen molar-refractivity contribution in [2.45, 2.75) is 32.1 Å². The third-order valence-corrected chi connectivity index (χ3v) is 3.24. The fourth-order valence-electron chi connectivity index (χ4n) is 2.59. The van der Waals surface area contributed by atoms with E-state index in [1.54, 1.807) is 0 Å². The number of hydrogen-bond acceptors (Lipinski definition) is 1. The van der Waals surface area contributed by atoms with E-state index in [0.29, 0.717) is 11.8 Å². The van der Waals surface area contributed by atoms with Crippen molar-refractivity contribution in [2.75, 3.05) is 0 Å². The summed E-state index contributed by atoms with van der Waals surface area (Å²) in [6.07, 6.45) is 6.48. The van der Waals surface area contributed by atoms with Crippen LogP contribution in [0.5, 0.6) is 0 Å². The molecule has 3 atom stereocenters. The Morgan fingerprint density at radius 3 is 2.09 bits per heavy atom. The van der Waals surface area contributed by atoms with Crippen LogP contribution in [0, 0.1) is 17.8 Å². The van der Waals surface area contributed by atoms with E-state index in [1.165, 1.54) is 32.1 Å². The molecule has 0 aromatic rings. The predicted octanol–water partition coefficient (Wildman–Crippen LogP) is 1.30. The Kier molecular flexibility index (Phi) is 1.63. The van der Waals surface area contributed by atoms with Gasteiger partial charge in [-0.05, 0) is 24.7 Å². The Balaban J connectivity index is 1.96. The van der Waals surface area contributed by atoms with E-state index in [0.717, 1.165) is 0 Å². The number of primary amides is 1. The van der Waals surface area contributed by atoms with E-state index < -0.39 is 0 Å². The van der Waals surface area contributed by atoms with Gasteiger partial charge in [-0.15, -0.1) is 0 Å². The maximum atomic E-state index is 10.9. The highest BCUT2D eigenvalue weighted by atomic mass is 16.1. The molecule has 2 heteroatoms. The second kappa shape index (κ2) is 2.50. The summed E-state index contributed by atoms with van der Waals surface area (Å²) in [6, 6.07) is 0. The molecule has 2 nitrogen and oxygen atoms in total. The van der Waals surface area contributed by atoms with Crippen molar-refractivity contribution in [1.29, 1.82) is 0 Å². The molecule has 2 N–H and O–H groups in total. The molecule has 0 spiro atoms. The summed E-state index contributed by atoms with van der Waals surface area (Å²) >= 11 is 0. The minimum Gasteiger partial charge on any atom is -0.369 e. The number of fused-ring (bicyclic) bond motifs is 1. The molecule has 0 saturated heterocycles. The molecule has 0 radical (unpaired) electrons. The van der Waals surface area contributed by atoms with Gasteiger partial charge in [-0.1, -0.05) is 19.3 Å². The first-order chi connectivity index (χ1) is 5.30. The quantitative estimate of drug-likeness (QED) is 0.606. The van der Waals surface area contributed by atoms with Gasteiger partial charge in [0.25, 0.3) is 0 Å². The van der Waals surface area contributed by atoms with Crippen molar-refractivity contribution in [3.05, 3.63) is 0 Å². The number of carbonyl (C=O) groups excluding carboxylic acids is 1. The van der Waals surface area contributed by atoms with Gasteiger partial charge < -0.3 is 5.73 Å². The van der Waals surface area contributed by atoms with Gasteiger partial charge in [0.05, 0.1) is 0 Å². The number of carbonyl (C=O) groups is 1. The van der Waals surface area contributed by atoms with Crippen LogP contribution in [-0.2, 0) is 4.79 Å². The van der Waals surface area contributed by atoms with Gasteiger partial charge in [0.2, 0.25) is 5.91 Å². The van der Waals surface area contributed by atoms with Crippen molar-refractivity contribution >= 4 is 5.91 Å². The van der Waals surface area contributed by atoms with Gasteiger partial charge in [-0.25, -0.2) is 0 Å². The monoisotopic (exact) mass is 153 g/mol. The Hall–Kier alpha value is -0.530. The lowest BCUT2D eigenvalue weighted by Crippen LogP contribution is -2.15. The first-order valence-corrected chi connectivity index (χ1v) is 4.60. The van der Waals surface area contributed by atoms with Crippen LogP contribution >= 0.6 is 0 Å². The zero-order chi connectivity index (χ0) is 7.84. The summed E-state index contributed by atoms with van der Waals surface area (Å²) in [6.45, 7) is 0. The fourth-order valence-corrected chi connectivity index (χ4v) is 2.59. The van der Waals surface area contributed by atoms with Crippen LogP contribution in [0.1, 0.15) is 32.1 Å². The SMILES string of the molecule is NC(=O)C1[C@H]2CCCCC[C@@H]12. The van der Waals surface area contributed by atoms with Crippen LogP contribution in [-0.4, -0.2) is 5.91 Å². The van der Waals surface area contributed by atoms with Crippen molar-refractivity contribution in [3.63, 3.8) is 0 Å². The molecule has 2 aliphatic rings. The molecular formula is C9H15NO. The van der Waals surface area contributed by atoms with Gasteiger partial charge in [0.15, 0.2) is 0 Å². The standard InChI is InChI=1S/C9H15NO/c10-9(11)8-6-4-2-1-3-5-7(6)8/h6-8H,1-5H2,(H2,10,11)/t6-,7+,8?. The van der Waals surface area contributed by atoms with Crippen LogP contribution in [0.15, 0.2) is 0 Å². The van der Waals surface area contributed by atoms with E-state index in [-0.39, 0.29) is 11.8 Å². The van der Waals surface area contributed by atoms with E-state index in [2.05, 4.69) is 0 Å². The van der Waals surface area contributed by atoms with E-state index >= 15 is 0 Å². The number of amides is 1. The molecule has 0 bridgehead atoms. The number of rotatable bonds is 1. The number of hydrogen-bond donors (Lipinski definition) is 1. The largest absolute Gasteiger partial charge is 0.369 e. The summed E-state index contributed by atoms with van der Waals surface area (Å²) in [5.74, 6) is 1.56. The van der Waals surface area contributed by atoms with Crippen LogP contribution in [0.25, 0.3) is 0 Å². The lowest BCUT2D eigenvalue weighted by molar-refractivity contribution is -0.119. The summed E-state index contributed by atoms with van der Waals surface area (Å²) in [7, 11) is 0. The molecule has 11 heavy (non-hydrogen) atoms. The molecule has 2 aliphatic carbocycles. The summed E-state index contributed by atoms with van der Waals surface area (Å²) in [4.78, 5) is 10.9. The lowest BCUT2D eigenvalue weighted by atomic mass is 10.1. The van der Waals surface area contributed by atoms with Gasteiger partial charge in [0, 0.05) is 5.92 Å². The normalized spacial score (nSPS) is 42.4. The molecule has 2 fully saturated rings. The smallest absolute Gasteiger partial charge is 0.221 e. The molecular weight excluding hydrogens is 138 g/mol. The minimum atomic E-state index is -0.0538. The Morgan fingerprint density at radius 1 is 1.09 bits per heavy atom. The average Bonchev–Trinajstić information content (AvgIpc) is 2.57. The fraction of sp³-hybridized carbons (Fsp3) is 0.889. The van der Waals surface area contributed by atoms with Crippen molar-refractivity contribution in [3.8, 4) is 0 Å². The molecule has 0 aromatic carbocycles. The molecule has 0 aromatic heterocycles. The van der Waals surface area contributed by atoms with Crippen LogP contribution < -0.4 is 5.73 Å². The van der Waals surface area contributed by atoms with Gasteiger partial charge in [-0.2, -0.15) is 0 Å². The molecule has 1 unspecified atom stereocenters. The number of nitrogens with two attached hydrogens (primary N) is 1. The third kappa shape index (κ3) is 1.15. The highest BCUT2D eigenvalue weighted by molar-refractivity contribution is 5.80. The molecule has 2 rings (SSSR count). The van der Waals surface area contributed by atoms with Gasteiger partial charge in [0.1, 0.15) is 0 Å². The Labute approximate surface area is 67.1 Å². The molecule has 1 amide bonds. The van der Waals surface area contributed by atoms with Crippen molar-refractivity contribution in [2.24, 2.45) is 23.5 Å². The maximum Gasteiger partial charge on any atom is 0.221 e. The topological polar surface area (TPSA) is 43.1 Å². The van der Waals surface area contributed by atoms with E-state index in [1.807, 2.05) is 0 Å². The van der Waals surface area contributed by atoms with Crippen LogP contribution in [0.2, 0.25) is 0 Å². The molecule has 0 aliphatic heterocycles. The van der Waals surface area contributed by atoms with Crippen LogP contribution in [0.4, 0.5) is 0 Å². The van der Waals surface area contributed by atoms with Crippen LogP contribution in [0.3, 0.4) is 0 Å². The van der Waals surface area contributed by atoms with Crippen molar-refractivity contribution in [1.82, 2.24) is 0 Å². The zero-order valence-corrected chi connectivity index (χ0v) is 6.75. The second-order valence-electron chi connectivity index (χ2n) is 3.89. The first kappa shape index (κ1) is 7.14. The summed E-state index contributed by atoms with van der Waals surface area (Å²) in [5, 5.41) is 0. The third-order valence-electron chi connectivity index (χ3n) is 3.24. The first-order valence-electron chi connectivity index (χ1n) is 4.60. The highest BCUT2D eigenvalue weighted by Crippen LogP contribution is 2.53. The zero-order valence-electron chi connectivity index (χ0n) is 6.75. The molecule has 62 valence electrons. The highest BCUT2D eigenvalue weighted by Gasteiger charge is 2.52. The summed E-state index contributed by atoms with van der Waals surface area (Å²) < 4.78 is 0. The predicted molar refractivity (Wildman–Crippen MR) is 42.7 cm³/mol. The van der Waals surface area contributed by atoms with Gasteiger partial charge >= 0.3 is 0 Å². The van der Waals surface area contributed by atoms with Crippen molar-refractivity contribution < 1.29 is 4.79 Å². The molecule has 0 heterocycles. The molecule has 2 saturated carbocycles. The van der Waals surface area contributed by atoms with Gasteiger partial charge in [-0.3, -0.25) is 4.79 Å². The maximum absolute atomic E-state index is 10.9. The summed E-state index contributed by atoms with van der Waals surface area (Å²) in [5.41, 5.74) is 5.27. The lowest BCUT2D eigenvalue weighted by Gasteiger charge is -1.97. The Bertz CT molecular complexity index is 166. The Morgan fingerprint density at radius 2 is 1.64 bits per heavy atom.